The summed E-state index contributed by atoms with van der Waals surface area (Å²) in [6.45, 7) is 16.3. The molecule has 1 atom stereocenters. The van der Waals surface area contributed by atoms with Gasteiger partial charge in [-0.3, -0.25) is 0 Å². The fourth-order valence-electron chi connectivity index (χ4n) is 3.58. The molecule has 1 rings (SSSR count). The molecule has 3 nitrogen and oxygen atoms in total. The molecule has 126 valence electrons. The molecule has 0 amide bonds. The number of methoxy groups -OCH3 is 1. The van der Waals surface area contributed by atoms with Gasteiger partial charge in [0.05, 0.1) is 0 Å². The largest absolute Gasteiger partial charge is 0.384 e. The molecule has 1 unspecified atom stereocenters. The van der Waals surface area contributed by atoms with Crippen molar-refractivity contribution in [2.24, 2.45) is 17.3 Å². The van der Waals surface area contributed by atoms with Crippen LogP contribution in [0.1, 0.15) is 53.4 Å². The van der Waals surface area contributed by atoms with Gasteiger partial charge in [-0.2, -0.15) is 0 Å². The van der Waals surface area contributed by atoms with E-state index in [0.29, 0.717) is 5.41 Å². The lowest BCUT2D eigenvalue weighted by molar-refractivity contribution is 0.0741. The molecule has 0 aromatic heterocycles. The zero-order chi connectivity index (χ0) is 15.7. The third-order valence-corrected chi connectivity index (χ3v) is 4.67. The summed E-state index contributed by atoms with van der Waals surface area (Å²) in [6, 6.07) is 0. The third kappa shape index (κ3) is 7.62. The van der Waals surface area contributed by atoms with Crippen molar-refractivity contribution in [1.82, 2.24) is 10.2 Å². The molecule has 1 heterocycles. The average Bonchev–Trinajstić information content (AvgIpc) is 2.41. The van der Waals surface area contributed by atoms with Gasteiger partial charge in [0.1, 0.15) is 0 Å². The minimum absolute atomic E-state index is 0.414. The Hall–Kier alpha value is -0.120. The second kappa shape index (κ2) is 9.81. The molecule has 0 saturated carbocycles. The fraction of sp³-hybridized carbons (Fsp3) is 1.00. The number of hydrogen-bond acceptors (Lipinski definition) is 3. The maximum absolute atomic E-state index is 5.30. The van der Waals surface area contributed by atoms with E-state index in [0.717, 1.165) is 31.5 Å². The average molecular weight is 299 g/mol. The van der Waals surface area contributed by atoms with Crippen LogP contribution in [0.2, 0.25) is 0 Å². The SMILES string of the molecule is CCCC(C)(CNCC(C)C)CN1CCC(COC)CC1. The standard InChI is InChI=1S/C18H38N2O/c1-6-9-18(4,14-19-12-16(2)3)15-20-10-7-17(8-11-20)13-21-5/h16-17,19H,6-15H2,1-5H3. The van der Waals surface area contributed by atoms with Crippen molar-refractivity contribution in [3.05, 3.63) is 0 Å². The summed E-state index contributed by atoms with van der Waals surface area (Å²) in [7, 11) is 1.82. The molecule has 21 heavy (non-hydrogen) atoms. The lowest BCUT2D eigenvalue weighted by Gasteiger charge is -2.39. The highest BCUT2D eigenvalue weighted by Gasteiger charge is 2.28. The fourth-order valence-corrected chi connectivity index (χ4v) is 3.58. The van der Waals surface area contributed by atoms with Crippen molar-refractivity contribution in [3.8, 4) is 0 Å². The molecule has 1 fully saturated rings. The lowest BCUT2D eigenvalue weighted by atomic mass is 9.83. The van der Waals surface area contributed by atoms with Gasteiger partial charge in [0.2, 0.25) is 0 Å². The Morgan fingerprint density at radius 3 is 2.48 bits per heavy atom. The van der Waals surface area contributed by atoms with Crippen LogP contribution in [-0.4, -0.2) is 51.3 Å². The summed E-state index contributed by atoms with van der Waals surface area (Å²) >= 11 is 0. The van der Waals surface area contributed by atoms with Crippen LogP contribution in [0.25, 0.3) is 0 Å². The van der Waals surface area contributed by atoms with Gasteiger partial charge >= 0.3 is 0 Å². The van der Waals surface area contributed by atoms with E-state index in [1.165, 1.54) is 45.3 Å². The summed E-state index contributed by atoms with van der Waals surface area (Å²) in [6.07, 6.45) is 5.20. The summed E-state index contributed by atoms with van der Waals surface area (Å²) < 4.78 is 5.30. The van der Waals surface area contributed by atoms with Crippen molar-refractivity contribution in [2.45, 2.75) is 53.4 Å². The lowest BCUT2D eigenvalue weighted by Crippen LogP contribution is -2.46. The van der Waals surface area contributed by atoms with Gasteiger partial charge in [0.25, 0.3) is 0 Å². The molecule has 0 spiro atoms. The molecule has 0 aromatic carbocycles. The first-order valence-corrected chi connectivity index (χ1v) is 8.91. The summed E-state index contributed by atoms with van der Waals surface area (Å²) in [4.78, 5) is 2.68. The Morgan fingerprint density at radius 2 is 1.95 bits per heavy atom. The van der Waals surface area contributed by atoms with Gasteiger partial charge in [-0.05, 0) is 56.1 Å². The monoisotopic (exact) mass is 298 g/mol. The molecular weight excluding hydrogens is 260 g/mol. The van der Waals surface area contributed by atoms with Gasteiger partial charge in [0.15, 0.2) is 0 Å². The minimum atomic E-state index is 0.414. The van der Waals surface area contributed by atoms with Crippen LogP contribution >= 0.6 is 0 Å². The summed E-state index contributed by atoms with van der Waals surface area (Å²) in [5.74, 6) is 1.52. The number of rotatable bonds is 10. The van der Waals surface area contributed by atoms with Crippen LogP contribution in [0.15, 0.2) is 0 Å². The third-order valence-electron chi connectivity index (χ3n) is 4.67. The second-order valence-corrected chi connectivity index (χ2v) is 7.76. The Labute approximate surface area is 132 Å². The molecule has 1 aliphatic heterocycles. The minimum Gasteiger partial charge on any atom is -0.384 e. The van der Waals surface area contributed by atoms with Crippen LogP contribution in [0.3, 0.4) is 0 Å². The van der Waals surface area contributed by atoms with E-state index in [9.17, 15) is 0 Å². The number of nitrogens with zero attached hydrogens (tertiary/aromatic N) is 1. The molecule has 0 radical (unpaired) electrons. The highest BCUT2D eigenvalue weighted by Crippen LogP contribution is 2.27. The van der Waals surface area contributed by atoms with Gasteiger partial charge in [-0.25, -0.2) is 0 Å². The number of piperidine rings is 1. The van der Waals surface area contributed by atoms with Crippen LogP contribution in [0.4, 0.5) is 0 Å². The first-order valence-electron chi connectivity index (χ1n) is 8.91. The number of ether oxygens (including phenoxy) is 1. The van der Waals surface area contributed by atoms with E-state index < -0.39 is 0 Å². The topological polar surface area (TPSA) is 24.5 Å². The molecular formula is C18H38N2O. The maximum Gasteiger partial charge on any atom is 0.0491 e. The first kappa shape index (κ1) is 18.9. The Bertz CT molecular complexity index is 262. The Kier molecular flexibility index (Phi) is 8.84. The quantitative estimate of drug-likeness (QED) is 0.669. The second-order valence-electron chi connectivity index (χ2n) is 7.76. The van der Waals surface area contributed by atoms with E-state index in [-0.39, 0.29) is 0 Å². The van der Waals surface area contributed by atoms with E-state index in [1.807, 2.05) is 7.11 Å². The Morgan fingerprint density at radius 1 is 1.29 bits per heavy atom. The highest BCUT2D eigenvalue weighted by atomic mass is 16.5. The molecule has 0 aliphatic carbocycles. The molecule has 3 heteroatoms. The van der Waals surface area contributed by atoms with Crippen molar-refractivity contribution in [3.63, 3.8) is 0 Å². The van der Waals surface area contributed by atoms with Gasteiger partial charge in [-0.1, -0.05) is 34.1 Å². The van der Waals surface area contributed by atoms with Crippen LogP contribution in [0, 0.1) is 17.3 Å². The molecule has 1 aliphatic rings. The van der Waals surface area contributed by atoms with Crippen molar-refractivity contribution in [2.75, 3.05) is 46.4 Å². The van der Waals surface area contributed by atoms with Crippen LogP contribution in [-0.2, 0) is 4.74 Å². The predicted octanol–water partition coefficient (Wildman–Crippen LogP) is 3.40. The van der Waals surface area contributed by atoms with Gasteiger partial charge in [-0.15, -0.1) is 0 Å². The zero-order valence-corrected chi connectivity index (χ0v) is 15.1. The summed E-state index contributed by atoms with van der Waals surface area (Å²) in [5.41, 5.74) is 0.414. The molecule has 1 N–H and O–H groups in total. The molecule has 1 saturated heterocycles. The van der Waals surface area contributed by atoms with Crippen LogP contribution < -0.4 is 5.32 Å². The van der Waals surface area contributed by atoms with Gasteiger partial charge in [0, 0.05) is 26.8 Å². The maximum atomic E-state index is 5.30. The van der Waals surface area contributed by atoms with E-state index in [1.54, 1.807) is 0 Å². The Balaban J connectivity index is 2.39. The normalized spacial score (nSPS) is 20.9. The summed E-state index contributed by atoms with van der Waals surface area (Å²) in [5, 5.41) is 3.68. The van der Waals surface area contributed by atoms with Crippen molar-refractivity contribution < 1.29 is 4.74 Å². The smallest absolute Gasteiger partial charge is 0.0491 e. The highest BCUT2D eigenvalue weighted by molar-refractivity contribution is 4.83. The molecule has 0 bridgehead atoms. The van der Waals surface area contributed by atoms with Crippen molar-refractivity contribution in [1.29, 1.82) is 0 Å². The zero-order valence-electron chi connectivity index (χ0n) is 15.1. The number of hydrogen-bond donors (Lipinski definition) is 1. The van der Waals surface area contributed by atoms with E-state index in [2.05, 4.69) is 37.9 Å². The van der Waals surface area contributed by atoms with E-state index in [4.69, 9.17) is 4.74 Å². The number of likely N-dealkylation sites (tertiary alicyclic amines) is 1. The van der Waals surface area contributed by atoms with Gasteiger partial charge < -0.3 is 15.0 Å². The van der Waals surface area contributed by atoms with Crippen LogP contribution in [0.5, 0.6) is 0 Å². The van der Waals surface area contributed by atoms with E-state index >= 15 is 0 Å². The van der Waals surface area contributed by atoms with Crippen molar-refractivity contribution >= 4 is 0 Å². The molecule has 0 aromatic rings. The first-order chi connectivity index (χ1) is 9.99. The number of nitrogens with one attached hydrogen (secondary N) is 1. The predicted molar refractivity (Wildman–Crippen MR) is 91.8 cm³/mol.